The Morgan fingerprint density at radius 3 is 2.28 bits per heavy atom. The highest BCUT2D eigenvalue weighted by Gasteiger charge is 2.38. The summed E-state index contributed by atoms with van der Waals surface area (Å²) in [6, 6.07) is 2.75. The topological polar surface area (TPSA) is 84.0 Å². The standard InChI is InChI=1S/C20H22Cl2N2O5/c1-3-12-6-4-5-7-23(12)18(26)11(2)29-17(25)10-24-19(27)13-8-15(21)16(22)9-14(13)20(24)28/h8-9,11-12H,3-7,10H2,1-2H3. The Morgan fingerprint density at radius 1 is 1.14 bits per heavy atom. The van der Waals surface area contributed by atoms with E-state index in [0.29, 0.717) is 6.54 Å². The Morgan fingerprint density at radius 2 is 1.72 bits per heavy atom. The zero-order chi connectivity index (χ0) is 21.3. The van der Waals surface area contributed by atoms with Crippen LogP contribution in [0.15, 0.2) is 12.1 Å². The normalized spacial score (nSPS) is 19.9. The van der Waals surface area contributed by atoms with Gasteiger partial charge >= 0.3 is 5.97 Å². The van der Waals surface area contributed by atoms with Crippen molar-refractivity contribution in [2.75, 3.05) is 13.1 Å². The van der Waals surface area contributed by atoms with Crippen molar-refractivity contribution in [2.24, 2.45) is 0 Å². The van der Waals surface area contributed by atoms with Crippen molar-refractivity contribution >= 4 is 46.9 Å². The number of nitrogens with zero attached hydrogens (tertiary/aromatic N) is 2. The predicted molar refractivity (Wildman–Crippen MR) is 107 cm³/mol. The molecule has 0 radical (unpaired) electrons. The zero-order valence-corrected chi connectivity index (χ0v) is 17.8. The highest BCUT2D eigenvalue weighted by molar-refractivity contribution is 6.43. The van der Waals surface area contributed by atoms with Crippen molar-refractivity contribution in [3.8, 4) is 0 Å². The van der Waals surface area contributed by atoms with Gasteiger partial charge in [-0.15, -0.1) is 0 Å². The second kappa shape index (κ2) is 8.71. The number of ether oxygens (including phenoxy) is 1. The fraction of sp³-hybridized carbons (Fsp3) is 0.500. The number of halogens is 2. The van der Waals surface area contributed by atoms with E-state index in [2.05, 4.69) is 0 Å². The van der Waals surface area contributed by atoms with Crippen molar-refractivity contribution in [1.29, 1.82) is 0 Å². The number of carbonyl (C=O) groups is 4. The van der Waals surface area contributed by atoms with E-state index in [-0.39, 0.29) is 33.1 Å². The van der Waals surface area contributed by atoms with Gasteiger partial charge in [0.25, 0.3) is 17.7 Å². The molecule has 1 saturated heterocycles. The lowest BCUT2D eigenvalue weighted by molar-refractivity contribution is -0.161. The van der Waals surface area contributed by atoms with Crippen LogP contribution < -0.4 is 0 Å². The lowest BCUT2D eigenvalue weighted by Gasteiger charge is -2.36. The molecule has 2 aliphatic rings. The Balaban J connectivity index is 1.64. The molecular formula is C20H22Cl2N2O5. The molecule has 1 aromatic rings. The first-order chi connectivity index (χ1) is 13.7. The largest absolute Gasteiger partial charge is 0.451 e. The molecule has 0 bridgehead atoms. The third-order valence-electron chi connectivity index (χ3n) is 5.34. The van der Waals surface area contributed by atoms with Gasteiger partial charge in [-0.25, -0.2) is 0 Å². The van der Waals surface area contributed by atoms with Crippen LogP contribution in [0.4, 0.5) is 0 Å². The quantitative estimate of drug-likeness (QED) is 0.517. The molecule has 0 N–H and O–H groups in total. The van der Waals surface area contributed by atoms with Crippen LogP contribution in [-0.2, 0) is 14.3 Å². The molecular weight excluding hydrogens is 419 g/mol. The lowest BCUT2D eigenvalue weighted by Crippen LogP contribution is -2.48. The van der Waals surface area contributed by atoms with Crippen LogP contribution in [-0.4, -0.2) is 58.7 Å². The van der Waals surface area contributed by atoms with Crippen molar-refractivity contribution < 1.29 is 23.9 Å². The predicted octanol–water partition coefficient (Wildman–Crippen LogP) is 3.31. The van der Waals surface area contributed by atoms with Gasteiger partial charge in [-0.1, -0.05) is 30.1 Å². The molecule has 29 heavy (non-hydrogen) atoms. The second-order valence-corrected chi connectivity index (χ2v) is 8.04. The molecule has 2 aliphatic heterocycles. The summed E-state index contributed by atoms with van der Waals surface area (Å²) in [5.74, 6) is -2.39. The van der Waals surface area contributed by atoms with E-state index in [9.17, 15) is 19.2 Å². The number of carbonyl (C=O) groups excluding carboxylic acids is 4. The molecule has 0 spiro atoms. The van der Waals surface area contributed by atoms with Crippen LogP contribution in [0.25, 0.3) is 0 Å². The first kappa shape index (κ1) is 21.6. The summed E-state index contributed by atoms with van der Waals surface area (Å²) in [4.78, 5) is 52.5. The first-order valence-electron chi connectivity index (χ1n) is 9.59. The van der Waals surface area contributed by atoms with Gasteiger partial charge in [0, 0.05) is 12.6 Å². The maximum absolute atomic E-state index is 12.7. The molecule has 1 aromatic carbocycles. The average Bonchev–Trinajstić information content (AvgIpc) is 2.92. The van der Waals surface area contributed by atoms with E-state index < -0.39 is 30.4 Å². The highest BCUT2D eigenvalue weighted by Crippen LogP contribution is 2.31. The molecule has 3 amide bonds. The molecule has 0 saturated carbocycles. The molecule has 0 aliphatic carbocycles. The number of amides is 3. The fourth-order valence-corrected chi connectivity index (χ4v) is 4.12. The number of hydrogen-bond donors (Lipinski definition) is 0. The van der Waals surface area contributed by atoms with Crippen LogP contribution >= 0.6 is 23.2 Å². The summed E-state index contributed by atoms with van der Waals surface area (Å²) < 4.78 is 5.23. The van der Waals surface area contributed by atoms with Crippen molar-refractivity contribution in [1.82, 2.24) is 9.80 Å². The SMILES string of the molecule is CCC1CCCCN1C(=O)C(C)OC(=O)CN1C(=O)c2cc(Cl)c(Cl)cc2C1=O. The van der Waals surface area contributed by atoms with Gasteiger partial charge in [-0.05, 0) is 44.7 Å². The molecule has 2 heterocycles. The molecule has 9 heteroatoms. The number of piperidine rings is 1. The molecule has 2 unspecified atom stereocenters. The fourth-order valence-electron chi connectivity index (χ4n) is 3.79. The Labute approximate surface area is 178 Å². The lowest BCUT2D eigenvalue weighted by atomic mass is 9.99. The summed E-state index contributed by atoms with van der Waals surface area (Å²) in [5.41, 5.74) is 0.167. The van der Waals surface area contributed by atoms with Gasteiger partial charge in [0.15, 0.2) is 6.10 Å². The summed E-state index contributed by atoms with van der Waals surface area (Å²) in [6.45, 7) is 3.58. The summed E-state index contributed by atoms with van der Waals surface area (Å²) in [6.07, 6.45) is 2.77. The number of imide groups is 1. The van der Waals surface area contributed by atoms with E-state index in [0.717, 1.165) is 30.6 Å². The number of esters is 1. The van der Waals surface area contributed by atoms with Gasteiger partial charge < -0.3 is 9.64 Å². The third-order valence-corrected chi connectivity index (χ3v) is 6.06. The minimum Gasteiger partial charge on any atom is -0.451 e. The molecule has 7 nitrogen and oxygen atoms in total. The van der Waals surface area contributed by atoms with Gasteiger partial charge in [-0.3, -0.25) is 24.1 Å². The Kier molecular flexibility index (Phi) is 6.49. The van der Waals surface area contributed by atoms with Gasteiger partial charge in [-0.2, -0.15) is 0 Å². The zero-order valence-electron chi connectivity index (χ0n) is 16.2. The number of benzene rings is 1. The number of likely N-dealkylation sites (tertiary alicyclic amines) is 1. The maximum Gasteiger partial charge on any atom is 0.326 e. The number of rotatable bonds is 5. The van der Waals surface area contributed by atoms with Gasteiger partial charge in [0.1, 0.15) is 6.54 Å². The smallest absolute Gasteiger partial charge is 0.326 e. The van der Waals surface area contributed by atoms with Crippen LogP contribution in [0.3, 0.4) is 0 Å². The van der Waals surface area contributed by atoms with Gasteiger partial charge in [0.05, 0.1) is 21.2 Å². The van der Waals surface area contributed by atoms with E-state index in [4.69, 9.17) is 27.9 Å². The molecule has 3 rings (SSSR count). The third kappa shape index (κ3) is 4.26. The summed E-state index contributed by atoms with van der Waals surface area (Å²) >= 11 is 11.8. The summed E-state index contributed by atoms with van der Waals surface area (Å²) in [7, 11) is 0. The van der Waals surface area contributed by atoms with Gasteiger partial charge in [0.2, 0.25) is 0 Å². The van der Waals surface area contributed by atoms with E-state index in [1.54, 1.807) is 4.90 Å². The first-order valence-corrected chi connectivity index (χ1v) is 10.3. The Bertz CT molecular complexity index is 832. The molecule has 0 aromatic heterocycles. The van der Waals surface area contributed by atoms with Crippen LogP contribution in [0.2, 0.25) is 10.0 Å². The minimum atomic E-state index is -0.992. The number of fused-ring (bicyclic) bond motifs is 1. The van der Waals surface area contributed by atoms with E-state index in [1.807, 2.05) is 6.92 Å². The van der Waals surface area contributed by atoms with E-state index >= 15 is 0 Å². The van der Waals surface area contributed by atoms with Crippen molar-refractivity contribution in [3.63, 3.8) is 0 Å². The van der Waals surface area contributed by atoms with Crippen LogP contribution in [0, 0.1) is 0 Å². The van der Waals surface area contributed by atoms with E-state index in [1.165, 1.54) is 19.1 Å². The maximum atomic E-state index is 12.7. The molecule has 156 valence electrons. The Hall–Kier alpha value is -2.12. The van der Waals surface area contributed by atoms with Crippen LogP contribution in [0.1, 0.15) is 60.2 Å². The highest BCUT2D eigenvalue weighted by atomic mass is 35.5. The minimum absolute atomic E-state index is 0.0837. The molecule has 1 fully saturated rings. The monoisotopic (exact) mass is 440 g/mol. The average molecular weight is 441 g/mol. The van der Waals surface area contributed by atoms with Crippen molar-refractivity contribution in [2.45, 2.75) is 51.7 Å². The van der Waals surface area contributed by atoms with Crippen LogP contribution in [0.5, 0.6) is 0 Å². The number of hydrogen-bond acceptors (Lipinski definition) is 5. The van der Waals surface area contributed by atoms with Crippen molar-refractivity contribution in [3.05, 3.63) is 33.3 Å². The molecule has 2 atom stereocenters. The summed E-state index contributed by atoms with van der Waals surface area (Å²) in [5, 5.41) is 0.282. The second-order valence-electron chi connectivity index (χ2n) is 7.23.